The first kappa shape index (κ1) is 20.2. The van der Waals surface area contributed by atoms with E-state index >= 15 is 0 Å². The second kappa shape index (κ2) is 7.74. The Hall–Kier alpha value is -3.75. The molecular weight excluding hydrogens is 411 g/mol. The summed E-state index contributed by atoms with van der Waals surface area (Å²) < 4.78 is 15.2. The van der Waals surface area contributed by atoms with Crippen LogP contribution in [-0.4, -0.2) is 39.3 Å². The van der Waals surface area contributed by atoms with E-state index in [4.69, 9.17) is 4.98 Å². The molecule has 8 nitrogen and oxygen atoms in total. The van der Waals surface area contributed by atoms with Crippen LogP contribution in [0.2, 0.25) is 0 Å². The molecule has 32 heavy (non-hydrogen) atoms. The summed E-state index contributed by atoms with van der Waals surface area (Å²) in [5.41, 5.74) is 2.57. The van der Waals surface area contributed by atoms with Gasteiger partial charge in [-0.15, -0.1) is 0 Å². The van der Waals surface area contributed by atoms with Gasteiger partial charge in [0.1, 0.15) is 5.82 Å². The highest BCUT2D eigenvalue weighted by atomic mass is 19.1. The fourth-order valence-electron chi connectivity index (χ4n) is 4.05. The fraction of sp³-hybridized carbons (Fsp3) is 0.304. The Labute approximate surface area is 184 Å². The van der Waals surface area contributed by atoms with E-state index in [9.17, 15) is 14.0 Å². The molecule has 5 rings (SSSR count). The van der Waals surface area contributed by atoms with E-state index in [0.717, 1.165) is 18.4 Å². The number of anilines is 3. The summed E-state index contributed by atoms with van der Waals surface area (Å²) in [5, 5.41) is 7.22. The quantitative estimate of drug-likeness (QED) is 0.669. The van der Waals surface area contributed by atoms with Crippen LogP contribution in [-0.2, 0) is 4.79 Å². The van der Waals surface area contributed by atoms with Gasteiger partial charge in [-0.2, -0.15) is 5.10 Å². The molecule has 0 bridgehead atoms. The Kier molecular flexibility index (Phi) is 4.88. The molecule has 2 aliphatic rings. The zero-order chi connectivity index (χ0) is 22.4. The predicted octanol–water partition coefficient (Wildman–Crippen LogP) is 4.21. The molecule has 0 spiro atoms. The van der Waals surface area contributed by atoms with Crippen molar-refractivity contribution in [3.63, 3.8) is 0 Å². The number of carbonyl (C=O) groups is 2. The number of urea groups is 1. The lowest BCUT2D eigenvalue weighted by atomic mass is 10.1. The summed E-state index contributed by atoms with van der Waals surface area (Å²) in [4.78, 5) is 33.4. The number of pyridine rings is 1. The summed E-state index contributed by atoms with van der Waals surface area (Å²) in [5.74, 6) is -0.0990. The van der Waals surface area contributed by atoms with Crippen LogP contribution >= 0.6 is 0 Å². The van der Waals surface area contributed by atoms with Crippen molar-refractivity contribution in [3.8, 4) is 11.3 Å². The minimum Gasteiger partial charge on any atom is -0.307 e. The molecule has 1 aliphatic heterocycles. The highest BCUT2D eigenvalue weighted by molar-refractivity contribution is 6.07. The number of benzene rings is 1. The van der Waals surface area contributed by atoms with Crippen molar-refractivity contribution >= 4 is 29.1 Å². The molecule has 1 fully saturated rings. The zero-order valence-electron chi connectivity index (χ0n) is 17.8. The number of rotatable bonds is 3. The van der Waals surface area contributed by atoms with Gasteiger partial charge in [0.05, 0.1) is 29.7 Å². The monoisotopic (exact) mass is 434 g/mol. The molecule has 0 saturated heterocycles. The van der Waals surface area contributed by atoms with Gasteiger partial charge in [0.25, 0.3) is 0 Å². The van der Waals surface area contributed by atoms with E-state index in [2.05, 4.69) is 10.4 Å². The molecule has 0 radical (unpaired) electrons. The van der Waals surface area contributed by atoms with E-state index in [1.807, 2.05) is 29.9 Å². The zero-order valence-corrected chi connectivity index (χ0v) is 17.8. The van der Waals surface area contributed by atoms with Crippen LogP contribution < -0.4 is 15.1 Å². The second-order valence-corrected chi connectivity index (χ2v) is 8.27. The molecule has 3 amide bonds. The van der Waals surface area contributed by atoms with E-state index in [1.165, 1.54) is 36.1 Å². The van der Waals surface area contributed by atoms with Crippen molar-refractivity contribution in [1.29, 1.82) is 0 Å². The summed E-state index contributed by atoms with van der Waals surface area (Å²) in [6.07, 6.45) is 5.98. The molecule has 1 aromatic carbocycles. The molecule has 0 unspecified atom stereocenters. The Bertz CT molecular complexity index is 1190. The van der Waals surface area contributed by atoms with Gasteiger partial charge in [-0.25, -0.2) is 14.2 Å². The van der Waals surface area contributed by atoms with Gasteiger partial charge in [0.2, 0.25) is 5.91 Å². The largest absolute Gasteiger partial charge is 0.327 e. The highest BCUT2D eigenvalue weighted by Crippen LogP contribution is 2.38. The minimum absolute atomic E-state index is 0.117. The summed E-state index contributed by atoms with van der Waals surface area (Å²) in [6.45, 7) is 3.66. The third kappa shape index (κ3) is 3.70. The van der Waals surface area contributed by atoms with Gasteiger partial charge in [0, 0.05) is 30.9 Å². The average molecular weight is 434 g/mol. The van der Waals surface area contributed by atoms with Crippen LogP contribution in [0.3, 0.4) is 0 Å². The lowest BCUT2D eigenvalue weighted by molar-refractivity contribution is -0.117. The lowest BCUT2D eigenvalue weighted by Crippen LogP contribution is -2.52. The van der Waals surface area contributed by atoms with Gasteiger partial charge in [-0.1, -0.05) is 0 Å². The maximum Gasteiger partial charge on any atom is 0.327 e. The molecule has 3 heterocycles. The van der Waals surface area contributed by atoms with Crippen molar-refractivity contribution in [2.45, 2.75) is 38.8 Å². The molecule has 1 aliphatic carbocycles. The Morgan fingerprint density at radius 3 is 2.56 bits per heavy atom. The summed E-state index contributed by atoms with van der Waals surface area (Å²) in [7, 11) is 0. The fourth-order valence-corrected chi connectivity index (χ4v) is 4.05. The maximum absolute atomic E-state index is 13.2. The number of nitrogens with zero attached hydrogens (tertiary/aromatic N) is 5. The summed E-state index contributed by atoms with van der Waals surface area (Å²) in [6, 6.07) is 9.06. The van der Waals surface area contributed by atoms with Crippen molar-refractivity contribution in [2.24, 2.45) is 0 Å². The number of fused-ring (bicyclic) bond motifs is 1. The van der Waals surface area contributed by atoms with Gasteiger partial charge < -0.3 is 10.2 Å². The number of halogens is 1. The third-order valence-corrected chi connectivity index (χ3v) is 5.76. The number of amides is 3. The average Bonchev–Trinajstić information content (AvgIpc) is 3.50. The van der Waals surface area contributed by atoms with E-state index in [-0.39, 0.29) is 24.3 Å². The number of hydrogen-bond donors (Lipinski definition) is 1. The number of hydrogen-bond acceptors (Lipinski definition) is 4. The van der Waals surface area contributed by atoms with Gasteiger partial charge >= 0.3 is 6.03 Å². The molecule has 3 aromatic rings. The predicted molar refractivity (Wildman–Crippen MR) is 119 cm³/mol. The number of carbonyl (C=O) groups excluding carboxylic acids is 2. The highest BCUT2D eigenvalue weighted by Gasteiger charge is 2.35. The van der Waals surface area contributed by atoms with Gasteiger partial charge in [0.15, 0.2) is 5.82 Å². The molecular formula is C23H23FN6O2. The lowest BCUT2D eigenvalue weighted by Gasteiger charge is -2.39. The van der Waals surface area contributed by atoms with E-state index in [0.29, 0.717) is 28.9 Å². The normalized spacial score (nSPS) is 17.8. The van der Waals surface area contributed by atoms with Crippen molar-refractivity contribution < 1.29 is 14.0 Å². The van der Waals surface area contributed by atoms with E-state index < -0.39 is 6.03 Å². The first-order valence-electron chi connectivity index (χ1n) is 10.6. The molecule has 1 N–H and O–H groups in total. The van der Waals surface area contributed by atoms with Crippen LogP contribution in [0.15, 0.2) is 48.8 Å². The summed E-state index contributed by atoms with van der Waals surface area (Å²) >= 11 is 0. The van der Waals surface area contributed by atoms with Crippen LogP contribution in [0.4, 0.5) is 26.4 Å². The molecule has 2 aromatic heterocycles. The van der Waals surface area contributed by atoms with Gasteiger partial charge in [-0.3, -0.25) is 14.4 Å². The number of nitrogens with one attached hydrogen (secondary N) is 1. The van der Waals surface area contributed by atoms with Crippen molar-refractivity contribution in [1.82, 2.24) is 14.8 Å². The van der Waals surface area contributed by atoms with Crippen LogP contribution in [0, 0.1) is 5.82 Å². The standard InChI is InChI=1S/C23H23FN6O2/c1-14-12-28(23(32)26-18-5-3-17(24)4-6-18)22-21(30(14)15(2)31)10-9-20(27-22)16-11-25-29(13-16)19-7-8-19/h3-6,9-11,13-14,19H,7-8,12H2,1-2H3,(H,26,32)/t14-/m0/s1. The van der Waals surface area contributed by atoms with Crippen molar-refractivity contribution in [2.75, 3.05) is 21.7 Å². The SMILES string of the molecule is CC(=O)N1c2ccc(-c3cnn(C4CC4)c3)nc2N(C(=O)Nc2ccc(F)cc2)C[C@@H]1C. The molecule has 1 atom stereocenters. The van der Waals surface area contributed by atoms with Gasteiger partial charge in [-0.05, 0) is 56.2 Å². The Morgan fingerprint density at radius 1 is 1.12 bits per heavy atom. The Morgan fingerprint density at radius 2 is 1.88 bits per heavy atom. The van der Waals surface area contributed by atoms with Crippen LogP contribution in [0.5, 0.6) is 0 Å². The third-order valence-electron chi connectivity index (χ3n) is 5.76. The number of aromatic nitrogens is 3. The topological polar surface area (TPSA) is 83.4 Å². The molecule has 9 heteroatoms. The first-order valence-corrected chi connectivity index (χ1v) is 10.6. The van der Waals surface area contributed by atoms with Crippen LogP contribution in [0.25, 0.3) is 11.3 Å². The van der Waals surface area contributed by atoms with Crippen LogP contribution in [0.1, 0.15) is 32.7 Å². The Balaban J connectivity index is 1.51. The van der Waals surface area contributed by atoms with Crippen molar-refractivity contribution in [3.05, 3.63) is 54.6 Å². The maximum atomic E-state index is 13.2. The molecule has 1 saturated carbocycles. The minimum atomic E-state index is -0.397. The molecule has 164 valence electrons. The van der Waals surface area contributed by atoms with E-state index in [1.54, 1.807) is 11.1 Å². The second-order valence-electron chi connectivity index (χ2n) is 8.27. The first-order chi connectivity index (χ1) is 15.4. The smallest absolute Gasteiger partial charge is 0.307 e.